The fraction of sp³-hybridized carbons (Fsp3) is 0.600. The van der Waals surface area contributed by atoms with Crippen LogP contribution in [0.2, 0.25) is 0 Å². The number of carboxylic acid groups (broad SMARTS) is 1. The molecule has 27 heavy (non-hydrogen) atoms. The fourth-order valence-electron chi connectivity index (χ4n) is 3.50. The van der Waals surface area contributed by atoms with Crippen molar-refractivity contribution in [3.05, 3.63) is 29.8 Å². The van der Waals surface area contributed by atoms with Gasteiger partial charge < -0.3 is 10.4 Å². The van der Waals surface area contributed by atoms with Crippen molar-refractivity contribution in [2.75, 3.05) is 38.5 Å². The highest BCUT2D eigenvalue weighted by Crippen LogP contribution is 2.29. The number of piperidine rings is 1. The highest BCUT2D eigenvalue weighted by molar-refractivity contribution is 5.93. The first-order chi connectivity index (χ1) is 12.2. The number of halogens is 1. The highest BCUT2D eigenvalue weighted by Gasteiger charge is 2.25. The number of carbonyl (C=O) groups is 2. The van der Waals surface area contributed by atoms with E-state index in [9.17, 15) is 9.59 Å². The van der Waals surface area contributed by atoms with E-state index in [1.165, 1.54) is 0 Å². The molecule has 0 aliphatic carbocycles. The zero-order chi connectivity index (χ0) is 19.3. The predicted molar refractivity (Wildman–Crippen MR) is 111 cm³/mol. The summed E-state index contributed by atoms with van der Waals surface area (Å²) in [4.78, 5) is 27.3. The number of aliphatic carboxylic acids is 1. The minimum absolute atomic E-state index is 0. The lowest BCUT2D eigenvalue weighted by atomic mass is 9.86. The van der Waals surface area contributed by atoms with Gasteiger partial charge in [0.05, 0.1) is 13.1 Å². The Bertz CT molecular complexity index is 638. The monoisotopic (exact) mass is 397 g/mol. The Kier molecular flexibility index (Phi) is 8.72. The summed E-state index contributed by atoms with van der Waals surface area (Å²) in [6, 6.07) is 8.21. The molecule has 0 aromatic heterocycles. The number of nitrogens with one attached hydrogen (secondary N) is 1. The molecular weight excluding hydrogens is 366 g/mol. The molecule has 1 aliphatic rings. The maximum atomic E-state index is 12.5. The molecular formula is C20H32ClN3O3. The summed E-state index contributed by atoms with van der Waals surface area (Å²) in [6.45, 7) is 8.46. The third-order valence-corrected chi connectivity index (χ3v) is 4.94. The summed E-state index contributed by atoms with van der Waals surface area (Å²) in [6.07, 6.45) is 1.77. The first-order valence-corrected chi connectivity index (χ1v) is 9.20. The van der Waals surface area contributed by atoms with Gasteiger partial charge in [0.15, 0.2) is 0 Å². The number of rotatable bonds is 6. The third kappa shape index (κ3) is 7.13. The smallest absolute Gasteiger partial charge is 0.317 e. The summed E-state index contributed by atoms with van der Waals surface area (Å²) in [5.41, 5.74) is 1.97. The number of likely N-dealkylation sites (N-methyl/N-ethyl adjacent to an activating group) is 1. The van der Waals surface area contributed by atoms with Crippen molar-refractivity contribution in [1.29, 1.82) is 0 Å². The van der Waals surface area contributed by atoms with E-state index < -0.39 is 5.97 Å². The van der Waals surface area contributed by atoms with Crippen LogP contribution in [0.5, 0.6) is 0 Å². The number of para-hydroxylation sites is 1. The maximum Gasteiger partial charge on any atom is 0.317 e. The van der Waals surface area contributed by atoms with Crippen LogP contribution in [0.25, 0.3) is 0 Å². The van der Waals surface area contributed by atoms with Gasteiger partial charge in [0.2, 0.25) is 5.91 Å². The molecule has 1 heterocycles. The second kappa shape index (κ2) is 10.1. The summed E-state index contributed by atoms with van der Waals surface area (Å²) in [5, 5.41) is 12.0. The Hall–Kier alpha value is -1.63. The van der Waals surface area contributed by atoms with Gasteiger partial charge in [-0.1, -0.05) is 39.0 Å². The summed E-state index contributed by atoms with van der Waals surface area (Å²) in [7, 11) is 1.85. The quantitative estimate of drug-likeness (QED) is 0.772. The molecule has 0 radical (unpaired) electrons. The first-order valence-electron chi connectivity index (χ1n) is 9.20. The Balaban J connectivity index is 0.00000364. The average Bonchev–Trinajstić information content (AvgIpc) is 2.54. The van der Waals surface area contributed by atoms with Crippen LogP contribution in [-0.2, 0) is 15.0 Å². The molecule has 0 unspecified atom stereocenters. The van der Waals surface area contributed by atoms with E-state index in [2.05, 4.69) is 37.1 Å². The molecule has 0 spiro atoms. The number of carboxylic acids is 1. The van der Waals surface area contributed by atoms with Gasteiger partial charge in [-0.25, -0.2) is 0 Å². The Morgan fingerprint density at radius 3 is 2.37 bits per heavy atom. The third-order valence-electron chi connectivity index (χ3n) is 4.94. The minimum atomic E-state index is -0.799. The number of likely N-dealkylation sites (tertiary alicyclic amines) is 1. The van der Waals surface area contributed by atoms with Crippen molar-refractivity contribution in [2.24, 2.45) is 0 Å². The second-order valence-corrected chi connectivity index (χ2v) is 8.16. The van der Waals surface area contributed by atoms with E-state index in [1.807, 2.05) is 30.1 Å². The van der Waals surface area contributed by atoms with E-state index in [4.69, 9.17) is 5.11 Å². The molecule has 0 atom stereocenters. The molecule has 0 bridgehead atoms. The Morgan fingerprint density at radius 1 is 1.22 bits per heavy atom. The highest BCUT2D eigenvalue weighted by atomic mass is 35.5. The van der Waals surface area contributed by atoms with Gasteiger partial charge in [-0.3, -0.25) is 19.4 Å². The molecule has 1 aromatic carbocycles. The summed E-state index contributed by atoms with van der Waals surface area (Å²) < 4.78 is 0. The van der Waals surface area contributed by atoms with Crippen molar-refractivity contribution >= 4 is 30.0 Å². The van der Waals surface area contributed by atoms with Gasteiger partial charge in [0.25, 0.3) is 0 Å². The van der Waals surface area contributed by atoms with Crippen molar-refractivity contribution in [3.63, 3.8) is 0 Å². The lowest BCUT2D eigenvalue weighted by Gasteiger charge is -2.35. The van der Waals surface area contributed by atoms with Crippen LogP contribution in [0.3, 0.4) is 0 Å². The molecule has 1 saturated heterocycles. The zero-order valence-electron chi connectivity index (χ0n) is 16.7. The van der Waals surface area contributed by atoms with E-state index >= 15 is 0 Å². The Labute approximate surface area is 168 Å². The van der Waals surface area contributed by atoms with Gasteiger partial charge in [0, 0.05) is 24.8 Å². The van der Waals surface area contributed by atoms with E-state index in [0.29, 0.717) is 6.54 Å². The van der Waals surface area contributed by atoms with Crippen LogP contribution in [0, 0.1) is 0 Å². The number of carbonyl (C=O) groups excluding carboxylic acids is 1. The Morgan fingerprint density at radius 2 is 1.81 bits per heavy atom. The van der Waals surface area contributed by atoms with Gasteiger partial charge in [-0.05, 0) is 36.9 Å². The number of hydrogen-bond donors (Lipinski definition) is 2. The molecule has 1 amide bonds. The molecule has 152 valence electrons. The molecule has 7 heteroatoms. The van der Waals surface area contributed by atoms with Crippen LogP contribution in [0.1, 0.15) is 39.2 Å². The van der Waals surface area contributed by atoms with Crippen LogP contribution in [0.15, 0.2) is 24.3 Å². The fourth-order valence-corrected chi connectivity index (χ4v) is 3.50. The van der Waals surface area contributed by atoms with Crippen molar-refractivity contribution in [3.8, 4) is 0 Å². The standard InChI is InChI=1S/C20H31N3O3.ClH/c1-20(2,3)16-7-5-6-8-17(16)21-18(24)13-23-11-9-15(10-12-23)22(4)14-19(25)26;/h5-8,15H,9-14H2,1-4H3,(H,21,24)(H,25,26);1H. The maximum absolute atomic E-state index is 12.5. The molecule has 0 saturated carbocycles. The van der Waals surface area contributed by atoms with Crippen LogP contribution in [0.4, 0.5) is 5.69 Å². The lowest BCUT2D eigenvalue weighted by Crippen LogP contribution is -2.46. The van der Waals surface area contributed by atoms with Gasteiger partial charge in [-0.15, -0.1) is 12.4 Å². The van der Waals surface area contributed by atoms with E-state index in [1.54, 1.807) is 0 Å². The van der Waals surface area contributed by atoms with Crippen molar-refractivity contribution in [1.82, 2.24) is 9.80 Å². The molecule has 2 N–H and O–H groups in total. The normalized spacial score (nSPS) is 16.0. The van der Waals surface area contributed by atoms with Crippen LogP contribution < -0.4 is 5.32 Å². The lowest BCUT2D eigenvalue weighted by molar-refractivity contribution is -0.138. The number of benzene rings is 1. The summed E-state index contributed by atoms with van der Waals surface area (Å²) >= 11 is 0. The summed E-state index contributed by atoms with van der Waals surface area (Å²) in [5.74, 6) is -0.800. The van der Waals surface area contributed by atoms with E-state index in [-0.39, 0.29) is 36.3 Å². The van der Waals surface area contributed by atoms with Crippen LogP contribution >= 0.6 is 12.4 Å². The zero-order valence-corrected chi connectivity index (χ0v) is 17.5. The number of amides is 1. The minimum Gasteiger partial charge on any atom is -0.480 e. The van der Waals surface area contributed by atoms with Crippen molar-refractivity contribution in [2.45, 2.75) is 45.1 Å². The largest absolute Gasteiger partial charge is 0.480 e. The molecule has 1 fully saturated rings. The van der Waals surface area contributed by atoms with Gasteiger partial charge >= 0.3 is 5.97 Å². The second-order valence-electron chi connectivity index (χ2n) is 8.16. The SMILES string of the molecule is CN(CC(=O)O)C1CCN(CC(=O)Nc2ccccc2C(C)(C)C)CC1.Cl. The molecule has 2 rings (SSSR count). The first kappa shape index (κ1) is 23.4. The molecule has 1 aromatic rings. The van der Waals surface area contributed by atoms with Crippen molar-refractivity contribution < 1.29 is 14.7 Å². The average molecular weight is 398 g/mol. The molecule has 1 aliphatic heterocycles. The number of hydrogen-bond acceptors (Lipinski definition) is 4. The number of nitrogens with zero attached hydrogens (tertiary/aromatic N) is 2. The van der Waals surface area contributed by atoms with Gasteiger partial charge in [-0.2, -0.15) is 0 Å². The van der Waals surface area contributed by atoms with Gasteiger partial charge in [0.1, 0.15) is 0 Å². The molecule has 6 nitrogen and oxygen atoms in total. The van der Waals surface area contributed by atoms with E-state index in [0.717, 1.165) is 37.2 Å². The number of anilines is 1. The predicted octanol–water partition coefficient (Wildman–Crippen LogP) is 2.83. The van der Waals surface area contributed by atoms with Crippen LogP contribution in [-0.4, -0.2) is 66.1 Å². The topological polar surface area (TPSA) is 72.9 Å².